The minimum absolute atomic E-state index is 0.117. The van der Waals surface area contributed by atoms with E-state index in [1.54, 1.807) is 13.0 Å². The van der Waals surface area contributed by atoms with Gasteiger partial charge in [-0.1, -0.05) is 6.07 Å². The highest BCUT2D eigenvalue weighted by atomic mass is 32.1. The predicted molar refractivity (Wildman–Crippen MR) is 67.1 cm³/mol. The summed E-state index contributed by atoms with van der Waals surface area (Å²) in [5, 5.41) is 11.8. The van der Waals surface area contributed by atoms with E-state index < -0.39 is 6.10 Å². The summed E-state index contributed by atoms with van der Waals surface area (Å²) in [7, 11) is 0. The van der Waals surface area contributed by atoms with Crippen molar-refractivity contribution < 1.29 is 9.90 Å². The Kier molecular flexibility index (Phi) is 4.83. The first-order valence-corrected chi connectivity index (χ1v) is 5.71. The number of hydrogen-bond acceptors (Lipinski definition) is 3. The lowest BCUT2D eigenvalue weighted by Gasteiger charge is -2.09. The maximum absolute atomic E-state index is 11.8. The molecule has 1 aromatic carbocycles. The van der Waals surface area contributed by atoms with Crippen molar-refractivity contribution in [3.8, 4) is 0 Å². The van der Waals surface area contributed by atoms with E-state index in [0.717, 1.165) is 10.5 Å². The Morgan fingerprint density at radius 3 is 2.88 bits per heavy atom. The minimum Gasteiger partial charge on any atom is -0.393 e. The third kappa shape index (κ3) is 3.87. The zero-order valence-corrected chi connectivity index (χ0v) is 10.4. The van der Waals surface area contributed by atoms with Gasteiger partial charge in [0.2, 0.25) is 0 Å². The number of nitrogens with one attached hydrogen (secondary N) is 1. The van der Waals surface area contributed by atoms with Crippen LogP contribution in [0.3, 0.4) is 0 Å². The number of thiol groups is 1. The van der Waals surface area contributed by atoms with Crippen LogP contribution in [0.1, 0.15) is 29.3 Å². The minimum atomic E-state index is -0.391. The molecule has 1 unspecified atom stereocenters. The van der Waals surface area contributed by atoms with Gasteiger partial charge < -0.3 is 10.4 Å². The summed E-state index contributed by atoms with van der Waals surface area (Å²) in [6.07, 6.45) is 0.170. The van der Waals surface area contributed by atoms with E-state index >= 15 is 0 Å². The van der Waals surface area contributed by atoms with Crippen molar-refractivity contribution in [1.82, 2.24) is 5.32 Å². The fraction of sp³-hybridized carbons (Fsp3) is 0.417. The number of amides is 1. The molecule has 2 N–H and O–H groups in total. The summed E-state index contributed by atoms with van der Waals surface area (Å²) in [6, 6.07) is 5.47. The van der Waals surface area contributed by atoms with Crippen LogP contribution in [0.4, 0.5) is 0 Å². The second-order valence-corrected chi connectivity index (χ2v) is 4.41. The van der Waals surface area contributed by atoms with Gasteiger partial charge in [-0.15, -0.1) is 12.6 Å². The Morgan fingerprint density at radius 2 is 2.25 bits per heavy atom. The lowest BCUT2D eigenvalue weighted by molar-refractivity contribution is 0.0945. The Bertz CT molecular complexity index is 377. The van der Waals surface area contributed by atoms with Gasteiger partial charge in [-0.2, -0.15) is 0 Å². The number of rotatable bonds is 4. The van der Waals surface area contributed by atoms with Gasteiger partial charge in [-0.3, -0.25) is 4.79 Å². The molecule has 0 bridgehead atoms. The maximum atomic E-state index is 11.8. The summed E-state index contributed by atoms with van der Waals surface area (Å²) >= 11 is 4.20. The van der Waals surface area contributed by atoms with E-state index in [2.05, 4.69) is 17.9 Å². The van der Waals surface area contributed by atoms with Gasteiger partial charge in [0.1, 0.15) is 0 Å². The Morgan fingerprint density at radius 1 is 1.56 bits per heavy atom. The molecular formula is C12H17NO2S. The molecule has 88 valence electrons. The van der Waals surface area contributed by atoms with Crippen LogP contribution in [0.25, 0.3) is 0 Å². The number of hydrogen-bond donors (Lipinski definition) is 3. The lowest BCUT2D eigenvalue weighted by atomic mass is 10.1. The molecule has 0 saturated carbocycles. The van der Waals surface area contributed by atoms with Gasteiger partial charge in [-0.05, 0) is 38.0 Å². The molecule has 0 aromatic heterocycles. The standard InChI is InChI=1S/C12H17NO2S/c1-8-3-4-10(16)7-11(8)12(15)13-6-5-9(2)14/h3-4,7,9,14,16H,5-6H2,1-2H3,(H,13,15). The fourth-order valence-electron chi connectivity index (χ4n) is 1.34. The van der Waals surface area contributed by atoms with Crippen LogP contribution < -0.4 is 5.32 Å². The van der Waals surface area contributed by atoms with Gasteiger partial charge in [0, 0.05) is 17.0 Å². The van der Waals surface area contributed by atoms with Gasteiger partial charge in [0.15, 0.2) is 0 Å². The molecule has 3 nitrogen and oxygen atoms in total. The molecule has 0 radical (unpaired) electrons. The monoisotopic (exact) mass is 239 g/mol. The Balaban J connectivity index is 2.62. The number of aliphatic hydroxyl groups excluding tert-OH is 1. The normalized spacial score (nSPS) is 12.2. The number of aryl methyl sites for hydroxylation is 1. The van der Waals surface area contributed by atoms with Gasteiger partial charge in [0.25, 0.3) is 5.91 Å². The fourth-order valence-corrected chi connectivity index (χ4v) is 1.55. The topological polar surface area (TPSA) is 49.3 Å². The van der Waals surface area contributed by atoms with Crippen molar-refractivity contribution in [2.75, 3.05) is 6.54 Å². The highest BCUT2D eigenvalue weighted by Gasteiger charge is 2.08. The SMILES string of the molecule is Cc1ccc(S)cc1C(=O)NCCC(C)O. The van der Waals surface area contributed by atoms with Crippen LogP contribution in [0, 0.1) is 6.92 Å². The summed E-state index contributed by atoms with van der Waals surface area (Å²) < 4.78 is 0. The first kappa shape index (κ1) is 13.1. The predicted octanol–water partition coefficient (Wildman–Crippen LogP) is 1.78. The molecule has 1 rings (SSSR count). The summed E-state index contributed by atoms with van der Waals surface area (Å²) in [4.78, 5) is 12.5. The summed E-state index contributed by atoms with van der Waals surface area (Å²) in [5.74, 6) is -0.117. The summed E-state index contributed by atoms with van der Waals surface area (Å²) in [5.41, 5.74) is 1.56. The quantitative estimate of drug-likeness (QED) is 0.702. The van der Waals surface area contributed by atoms with Gasteiger partial charge in [-0.25, -0.2) is 0 Å². The molecule has 0 fully saturated rings. The number of carbonyl (C=O) groups is 1. The molecule has 0 aliphatic heterocycles. The van der Waals surface area contributed by atoms with Crippen molar-refractivity contribution in [3.05, 3.63) is 29.3 Å². The molecule has 0 aliphatic rings. The van der Waals surface area contributed by atoms with Crippen LogP contribution in [0.15, 0.2) is 23.1 Å². The van der Waals surface area contributed by atoms with E-state index in [1.807, 2.05) is 19.1 Å². The van der Waals surface area contributed by atoms with Crippen molar-refractivity contribution in [2.45, 2.75) is 31.3 Å². The second-order valence-electron chi connectivity index (χ2n) is 3.89. The maximum Gasteiger partial charge on any atom is 0.251 e. The smallest absolute Gasteiger partial charge is 0.251 e. The first-order chi connectivity index (χ1) is 7.50. The van der Waals surface area contributed by atoms with Crippen LogP contribution in [0.2, 0.25) is 0 Å². The molecule has 1 amide bonds. The van der Waals surface area contributed by atoms with Crippen LogP contribution in [0.5, 0.6) is 0 Å². The molecule has 1 aromatic rings. The van der Waals surface area contributed by atoms with Gasteiger partial charge in [0.05, 0.1) is 6.10 Å². The van der Waals surface area contributed by atoms with Crippen molar-refractivity contribution in [2.24, 2.45) is 0 Å². The molecule has 0 saturated heterocycles. The van der Waals surface area contributed by atoms with E-state index in [0.29, 0.717) is 18.5 Å². The van der Waals surface area contributed by atoms with Crippen LogP contribution >= 0.6 is 12.6 Å². The van der Waals surface area contributed by atoms with Crippen molar-refractivity contribution in [3.63, 3.8) is 0 Å². The third-order valence-corrected chi connectivity index (χ3v) is 2.59. The van der Waals surface area contributed by atoms with Crippen molar-refractivity contribution >= 4 is 18.5 Å². The molecule has 0 aliphatic carbocycles. The van der Waals surface area contributed by atoms with Crippen LogP contribution in [-0.4, -0.2) is 23.7 Å². The lowest BCUT2D eigenvalue weighted by Crippen LogP contribution is -2.27. The molecule has 4 heteroatoms. The number of aliphatic hydroxyl groups is 1. The Hall–Kier alpha value is -1.00. The highest BCUT2D eigenvalue weighted by molar-refractivity contribution is 7.80. The van der Waals surface area contributed by atoms with E-state index in [-0.39, 0.29) is 5.91 Å². The van der Waals surface area contributed by atoms with Gasteiger partial charge >= 0.3 is 0 Å². The zero-order chi connectivity index (χ0) is 12.1. The average molecular weight is 239 g/mol. The summed E-state index contributed by atoms with van der Waals surface area (Å²) in [6.45, 7) is 4.06. The number of carbonyl (C=O) groups excluding carboxylic acids is 1. The largest absolute Gasteiger partial charge is 0.393 e. The second kappa shape index (κ2) is 5.92. The molecular weight excluding hydrogens is 222 g/mol. The third-order valence-electron chi connectivity index (χ3n) is 2.31. The van der Waals surface area contributed by atoms with E-state index in [9.17, 15) is 4.79 Å². The molecule has 0 spiro atoms. The van der Waals surface area contributed by atoms with E-state index in [4.69, 9.17) is 5.11 Å². The molecule has 16 heavy (non-hydrogen) atoms. The van der Waals surface area contributed by atoms with Crippen molar-refractivity contribution in [1.29, 1.82) is 0 Å². The number of benzene rings is 1. The van der Waals surface area contributed by atoms with E-state index in [1.165, 1.54) is 0 Å². The average Bonchev–Trinajstić information content (AvgIpc) is 2.21. The Labute approximate surface area is 101 Å². The van der Waals surface area contributed by atoms with Crippen LogP contribution in [-0.2, 0) is 0 Å². The molecule has 1 atom stereocenters. The highest BCUT2D eigenvalue weighted by Crippen LogP contribution is 2.13. The first-order valence-electron chi connectivity index (χ1n) is 5.26. The zero-order valence-electron chi connectivity index (χ0n) is 9.53. The molecule has 0 heterocycles.